The highest BCUT2D eigenvalue weighted by Gasteiger charge is 2.23. The maximum atomic E-state index is 13.1. The van der Waals surface area contributed by atoms with Gasteiger partial charge in [0.05, 0.1) is 44.4 Å². The number of methoxy groups -OCH3 is 3. The van der Waals surface area contributed by atoms with Crippen molar-refractivity contribution >= 4 is 29.3 Å². The fourth-order valence-corrected chi connectivity index (χ4v) is 4.34. The summed E-state index contributed by atoms with van der Waals surface area (Å²) in [5.41, 5.74) is 2.94. The van der Waals surface area contributed by atoms with Crippen LogP contribution in [-0.4, -0.2) is 56.1 Å². The second kappa shape index (κ2) is 12.2. The summed E-state index contributed by atoms with van der Waals surface area (Å²) in [6, 6.07) is 14.3. The number of ketones is 1. The van der Waals surface area contributed by atoms with Gasteiger partial charge in [0.25, 0.3) is 5.91 Å². The fourth-order valence-electron chi connectivity index (χ4n) is 4.34. The van der Waals surface area contributed by atoms with E-state index in [1.807, 2.05) is 11.5 Å². The van der Waals surface area contributed by atoms with Gasteiger partial charge in [-0.15, -0.1) is 0 Å². The lowest BCUT2D eigenvalue weighted by molar-refractivity contribution is 0.0475. The van der Waals surface area contributed by atoms with Crippen molar-refractivity contribution in [2.24, 2.45) is 0 Å². The van der Waals surface area contributed by atoms with E-state index < -0.39 is 30.2 Å². The van der Waals surface area contributed by atoms with Crippen LogP contribution in [0, 0.1) is 13.8 Å². The third kappa shape index (κ3) is 5.98. The Hall–Kier alpha value is -5.32. The van der Waals surface area contributed by atoms with E-state index >= 15 is 0 Å². The normalized spacial score (nSPS) is 10.6. The van der Waals surface area contributed by atoms with E-state index in [1.54, 1.807) is 43.3 Å². The lowest BCUT2D eigenvalue weighted by Crippen LogP contribution is -2.18. The monoisotopic (exact) mass is 560 g/mol. The zero-order valence-electron chi connectivity index (χ0n) is 23.1. The molecule has 2 heterocycles. The number of aryl methyl sites for hydroxylation is 1. The van der Waals surface area contributed by atoms with E-state index in [9.17, 15) is 19.2 Å². The Morgan fingerprint density at radius 1 is 0.854 bits per heavy atom. The van der Waals surface area contributed by atoms with Crippen molar-refractivity contribution in [1.29, 1.82) is 0 Å². The molecule has 0 atom stereocenters. The van der Waals surface area contributed by atoms with Gasteiger partial charge in [0, 0.05) is 34.8 Å². The van der Waals surface area contributed by atoms with Crippen LogP contribution in [0.2, 0.25) is 0 Å². The smallest absolute Gasteiger partial charge is 0.340 e. The Bertz CT molecular complexity index is 1600. The minimum atomic E-state index is -0.860. The van der Waals surface area contributed by atoms with Crippen LogP contribution in [0.1, 0.15) is 53.0 Å². The quantitative estimate of drug-likeness (QED) is 0.215. The van der Waals surface area contributed by atoms with E-state index in [2.05, 4.69) is 5.32 Å². The van der Waals surface area contributed by atoms with Gasteiger partial charge in [-0.25, -0.2) is 9.59 Å². The SMILES string of the molecule is COC(=O)c1ccc(-n2c(C)cc(C(=O)COC(=O)c3cc(OC)c(OC)cc3NC(=O)c3ccco3)c2C)cc1. The van der Waals surface area contributed by atoms with Crippen LogP contribution in [0.15, 0.2) is 65.3 Å². The molecule has 0 bridgehead atoms. The lowest BCUT2D eigenvalue weighted by atomic mass is 10.1. The summed E-state index contributed by atoms with van der Waals surface area (Å²) in [6.07, 6.45) is 1.35. The molecular weight excluding hydrogens is 532 g/mol. The van der Waals surface area contributed by atoms with E-state index in [-0.39, 0.29) is 28.5 Å². The maximum Gasteiger partial charge on any atom is 0.340 e. The van der Waals surface area contributed by atoms with Crippen molar-refractivity contribution in [3.05, 3.63) is 94.7 Å². The second-order valence-corrected chi connectivity index (χ2v) is 8.84. The molecule has 0 spiro atoms. The molecule has 0 aliphatic heterocycles. The third-order valence-corrected chi connectivity index (χ3v) is 6.35. The Morgan fingerprint density at radius 3 is 2.15 bits per heavy atom. The highest BCUT2D eigenvalue weighted by Crippen LogP contribution is 2.34. The number of anilines is 1. The third-order valence-electron chi connectivity index (χ3n) is 6.35. The number of benzene rings is 2. The van der Waals surface area contributed by atoms with E-state index in [0.717, 1.165) is 11.4 Å². The number of Topliss-reactive ketones (excluding diaryl/α,β-unsaturated/α-hetero) is 1. The number of ether oxygens (including phenoxy) is 4. The molecule has 2 aromatic heterocycles. The first-order valence-corrected chi connectivity index (χ1v) is 12.4. The summed E-state index contributed by atoms with van der Waals surface area (Å²) in [5, 5.41) is 2.61. The van der Waals surface area contributed by atoms with Gasteiger partial charge >= 0.3 is 11.9 Å². The molecule has 4 aromatic rings. The lowest BCUT2D eigenvalue weighted by Gasteiger charge is -2.15. The zero-order valence-corrected chi connectivity index (χ0v) is 23.1. The van der Waals surface area contributed by atoms with Crippen LogP contribution in [0.25, 0.3) is 5.69 Å². The Balaban J connectivity index is 1.55. The van der Waals surface area contributed by atoms with Crippen molar-refractivity contribution in [1.82, 2.24) is 4.57 Å². The molecule has 2 aromatic carbocycles. The number of rotatable bonds is 10. The van der Waals surface area contributed by atoms with Crippen molar-refractivity contribution < 1.29 is 42.5 Å². The average Bonchev–Trinajstić information content (AvgIpc) is 3.63. The van der Waals surface area contributed by atoms with Crippen LogP contribution in [0.4, 0.5) is 5.69 Å². The molecule has 11 heteroatoms. The van der Waals surface area contributed by atoms with Gasteiger partial charge in [-0.1, -0.05) is 0 Å². The maximum absolute atomic E-state index is 13.1. The van der Waals surface area contributed by atoms with Crippen LogP contribution in [0.5, 0.6) is 11.5 Å². The predicted octanol–water partition coefficient (Wildman–Crippen LogP) is 4.78. The van der Waals surface area contributed by atoms with Gasteiger partial charge in [0.15, 0.2) is 23.9 Å². The fraction of sp³-hybridized carbons (Fsp3) is 0.200. The minimum absolute atomic E-state index is 0.0320. The molecule has 212 valence electrons. The van der Waals surface area contributed by atoms with Crippen LogP contribution >= 0.6 is 0 Å². The summed E-state index contributed by atoms with van der Waals surface area (Å²) in [5.74, 6) is -1.81. The molecule has 4 rings (SSSR count). The topological polar surface area (TPSA) is 135 Å². The molecule has 0 radical (unpaired) electrons. The zero-order chi connectivity index (χ0) is 29.7. The summed E-state index contributed by atoms with van der Waals surface area (Å²) in [4.78, 5) is 50.6. The van der Waals surface area contributed by atoms with Gasteiger partial charge in [0.1, 0.15) is 0 Å². The summed E-state index contributed by atoms with van der Waals surface area (Å²) in [6.45, 7) is 3.05. The van der Waals surface area contributed by atoms with Gasteiger partial charge in [0.2, 0.25) is 5.78 Å². The standard InChI is InChI=1S/C30H28N2O9/c1-17-13-21(18(2)32(17)20-10-8-19(9-11-20)29(35)39-5)24(33)16-41-30(36)22-14-26(37-3)27(38-4)15-23(22)31-28(34)25-7-6-12-40-25/h6-15H,16H2,1-5H3,(H,31,34). The molecule has 1 amide bonds. The van der Waals surface area contributed by atoms with Crippen LogP contribution in [-0.2, 0) is 9.47 Å². The summed E-state index contributed by atoms with van der Waals surface area (Å²) >= 11 is 0. The minimum Gasteiger partial charge on any atom is -0.493 e. The number of hydrogen-bond donors (Lipinski definition) is 1. The van der Waals surface area contributed by atoms with E-state index in [1.165, 1.54) is 45.8 Å². The molecule has 11 nitrogen and oxygen atoms in total. The molecule has 0 saturated heterocycles. The average molecular weight is 561 g/mol. The largest absolute Gasteiger partial charge is 0.493 e. The Labute approximate surface area is 235 Å². The summed E-state index contributed by atoms with van der Waals surface area (Å²) < 4.78 is 27.7. The van der Waals surface area contributed by atoms with Crippen molar-refractivity contribution in [3.63, 3.8) is 0 Å². The first-order valence-electron chi connectivity index (χ1n) is 12.4. The molecule has 0 aliphatic rings. The number of esters is 2. The number of nitrogens with one attached hydrogen (secondary N) is 1. The Morgan fingerprint density at radius 2 is 1.54 bits per heavy atom. The van der Waals surface area contributed by atoms with Gasteiger partial charge < -0.3 is 33.2 Å². The molecule has 0 fully saturated rings. The molecule has 41 heavy (non-hydrogen) atoms. The van der Waals surface area contributed by atoms with E-state index in [4.69, 9.17) is 23.4 Å². The molecule has 1 N–H and O–H groups in total. The number of aromatic nitrogens is 1. The number of nitrogens with zero attached hydrogens (tertiary/aromatic N) is 1. The molecular formula is C30H28N2O9. The number of hydrogen-bond acceptors (Lipinski definition) is 9. The van der Waals surface area contributed by atoms with Crippen molar-refractivity contribution in [2.45, 2.75) is 13.8 Å². The molecule has 0 saturated carbocycles. The van der Waals surface area contributed by atoms with Crippen LogP contribution < -0.4 is 14.8 Å². The first-order chi connectivity index (χ1) is 19.7. The first kappa shape index (κ1) is 28.7. The Kier molecular flexibility index (Phi) is 8.57. The van der Waals surface area contributed by atoms with Crippen molar-refractivity contribution in [2.75, 3.05) is 33.3 Å². The number of furan rings is 1. The van der Waals surface area contributed by atoms with Gasteiger partial charge in [-0.3, -0.25) is 9.59 Å². The highest BCUT2D eigenvalue weighted by molar-refractivity contribution is 6.08. The van der Waals surface area contributed by atoms with Crippen LogP contribution in [0.3, 0.4) is 0 Å². The van der Waals surface area contributed by atoms with Gasteiger partial charge in [-0.05, 0) is 56.3 Å². The highest BCUT2D eigenvalue weighted by atomic mass is 16.5. The number of carbonyl (C=O) groups is 4. The molecule has 0 aliphatic carbocycles. The predicted molar refractivity (Wildman–Crippen MR) is 147 cm³/mol. The number of carbonyl (C=O) groups excluding carboxylic acids is 4. The van der Waals surface area contributed by atoms with E-state index in [0.29, 0.717) is 16.8 Å². The van der Waals surface area contributed by atoms with Gasteiger partial charge in [-0.2, -0.15) is 0 Å². The summed E-state index contributed by atoms with van der Waals surface area (Å²) in [7, 11) is 4.12. The number of amides is 1. The second-order valence-electron chi connectivity index (χ2n) is 8.84. The molecule has 0 unspecified atom stereocenters. The van der Waals surface area contributed by atoms with Crippen molar-refractivity contribution in [3.8, 4) is 17.2 Å².